The molecule has 1 aromatic heterocycles. The molecule has 2 rings (SSSR count). The van der Waals surface area contributed by atoms with Gasteiger partial charge < -0.3 is 9.16 Å². The average Bonchev–Trinajstić information content (AvgIpc) is 2.39. The summed E-state index contributed by atoms with van der Waals surface area (Å²) in [7, 11) is 0.702. The largest absolute Gasteiger partial charge is 0.439 e. The van der Waals surface area contributed by atoms with Gasteiger partial charge in [-0.15, -0.1) is 0 Å². The van der Waals surface area contributed by atoms with Crippen LogP contribution in [0.25, 0.3) is 0 Å². The number of benzene rings is 1. The zero-order valence-electron chi connectivity index (χ0n) is 9.96. The summed E-state index contributed by atoms with van der Waals surface area (Å²) in [6, 6.07) is 15.3. The lowest BCUT2D eigenvalue weighted by Crippen LogP contribution is -2.00. The molecule has 1 atom stereocenters. The zero-order chi connectivity index (χ0) is 12.1. The molecule has 1 heterocycles. The zero-order valence-corrected chi connectivity index (χ0v) is 12.0. The molecule has 17 heavy (non-hydrogen) atoms. The molecule has 3 nitrogen and oxygen atoms in total. The van der Waals surface area contributed by atoms with Gasteiger partial charge in [-0.25, -0.2) is 4.98 Å². The van der Waals surface area contributed by atoms with Gasteiger partial charge in [-0.3, -0.25) is 0 Å². The van der Waals surface area contributed by atoms with Crippen LogP contribution in [0.3, 0.4) is 0 Å². The van der Waals surface area contributed by atoms with Crippen molar-refractivity contribution in [2.75, 3.05) is 0 Å². The summed E-state index contributed by atoms with van der Waals surface area (Å²) in [5.41, 5.74) is 0.897. The lowest BCUT2D eigenvalue weighted by molar-refractivity contribution is 0.243. The Morgan fingerprint density at radius 1 is 1.06 bits per heavy atom. The molecular formula is C13H15NO2Si. The summed E-state index contributed by atoms with van der Waals surface area (Å²) in [6.07, 6.45) is 0.0287. The van der Waals surface area contributed by atoms with Crippen LogP contribution in [0.4, 0.5) is 0 Å². The van der Waals surface area contributed by atoms with Crippen LogP contribution in [0.2, 0.25) is 0 Å². The predicted molar refractivity (Wildman–Crippen MR) is 70.2 cm³/mol. The summed E-state index contributed by atoms with van der Waals surface area (Å²) < 4.78 is 11.0. The maximum atomic E-state index is 5.66. The van der Waals surface area contributed by atoms with Crippen molar-refractivity contribution >= 4 is 10.5 Å². The van der Waals surface area contributed by atoms with Crippen LogP contribution in [0, 0.1) is 0 Å². The third-order valence-electron chi connectivity index (χ3n) is 2.48. The van der Waals surface area contributed by atoms with Crippen molar-refractivity contribution in [1.82, 2.24) is 4.98 Å². The molecule has 0 aliphatic rings. The van der Waals surface area contributed by atoms with E-state index in [1.165, 1.54) is 0 Å². The van der Waals surface area contributed by atoms with Crippen LogP contribution >= 0.6 is 0 Å². The van der Waals surface area contributed by atoms with Crippen LogP contribution in [-0.2, 0) is 4.43 Å². The Morgan fingerprint density at radius 2 is 1.82 bits per heavy atom. The van der Waals surface area contributed by atoms with Gasteiger partial charge in [0.2, 0.25) is 5.88 Å². The SMILES string of the molecule is CC(O[SiH3])c1cccc(Oc2ccccc2)n1. The molecule has 0 saturated carbocycles. The molecule has 0 spiro atoms. The third-order valence-corrected chi connectivity index (χ3v) is 3.19. The minimum atomic E-state index is 0.0287. The van der Waals surface area contributed by atoms with Crippen LogP contribution < -0.4 is 4.74 Å². The van der Waals surface area contributed by atoms with Crippen LogP contribution in [0.15, 0.2) is 48.5 Å². The van der Waals surface area contributed by atoms with Gasteiger partial charge in [0.15, 0.2) is 0 Å². The topological polar surface area (TPSA) is 31.4 Å². The highest BCUT2D eigenvalue weighted by Crippen LogP contribution is 2.21. The molecule has 0 N–H and O–H groups in total. The predicted octanol–water partition coefficient (Wildman–Crippen LogP) is 2.23. The van der Waals surface area contributed by atoms with Crippen molar-refractivity contribution in [3.63, 3.8) is 0 Å². The molecule has 1 aromatic carbocycles. The highest BCUT2D eigenvalue weighted by atomic mass is 28.2. The van der Waals surface area contributed by atoms with Crippen molar-refractivity contribution < 1.29 is 9.16 Å². The molecule has 0 amide bonds. The second-order valence-corrected chi connectivity index (χ2v) is 4.17. The van der Waals surface area contributed by atoms with Crippen molar-refractivity contribution in [3.8, 4) is 11.6 Å². The smallest absolute Gasteiger partial charge is 0.219 e. The Bertz CT molecular complexity index is 476. The fraction of sp³-hybridized carbons (Fsp3) is 0.154. The van der Waals surface area contributed by atoms with Crippen molar-refractivity contribution in [3.05, 3.63) is 54.2 Å². The molecule has 0 aliphatic heterocycles. The van der Waals surface area contributed by atoms with Gasteiger partial charge in [-0.2, -0.15) is 0 Å². The first-order chi connectivity index (χ1) is 8.29. The summed E-state index contributed by atoms with van der Waals surface area (Å²) >= 11 is 0. The van der Waals surface area contributed by atoms with E-state index in [9.17, 15) is 0 Å². The minimum Gasteiger partial charge on any atom is -0.439 e. The third kappa shape index (κ3) is 3.15. The molecule has 0 bridgehead atoms. The first-order valence-corrected chi connectivity index (χ1v) is 6.34. The van der Waals surface area contributed by atoms with E-state index in [1.807, 2.05) is 55.5 Å². The fourth-order valence-corrected chi connectivity index (χ4v) is 1.69. The Labute approximate surface area is 104 Å². The van der Waals surface area contributed by atoms with Crippen LogP contribution in [-0.4, -0.2) is 15.5 Å². The monoisotopic (exact) mass is 245 g/mol. The van der Waals surface area contributed by atoms with E-state index in [4.69, 9.17) is 9.16 Å². The quantitative estimate of drug-likeness (QED) is 0.774. The first-order valence-electron chi connectivity index (χ1n) is 5.52. The van der Waals surface area contributed by atoms with E-state index in [0.717, 1.165) is 11.4 Å². The lowest BCUT2D eigenvalue weighted by atomic mass is 10.2. The fourth-order valence-electron chi connectivity index (χ4n) is 1.44. The van der Waals surface area contributed by atoms with Gasteiger partial charge in [0.25, 0.3) is 0 Å². The van der Waals surface area contributed by atoms with Gasteiger partial charge in [-0.1, -0.05) is 24.3 Å². The molecular weight excluding hydrogens is 230 g/mol. The number of para-hydroxylation sites is 1. The lowest BCUT2D eigenvalue weighted by Gasteiger charge is -2.11. The highest BCUT2D eigenvalue weighted by molar-refractivity contribution is 5.98. The van der Waals surface area contributed by atoms with E-state index in [1.54, 1.807) is 0 Å². The molecule has 88 valence electrons. The Hall–Kier alpha value is -1.65. The first kappa shape index (κ1) is 11.8. The number of aromatic nitrogens is 1. The molecule has 0 radical (unpaired) electrons. The summed E-state index contributed by atoms with van der Waals surface area (Å²) in [6.45, 7) is 1.99. The maximum absolute atomic E-state index is 5.66. The van der Waals surface area contributed by atoms with Crippen molar-refractivity contribution in [2.45, 2.75) is 13.0 Å². The molecule has 1 unspecified atom stereocenters. The van der Waals surface area contributed by atoms with Gasteiger partial charge in [-0.05, 0) is 25.1 Å². The van der Waals surface area contributed by atoms with E-state index >= 15 is 0 Å². The molecule has 4 heteroatoms. The summed E-state index contributed by atoms with van der Waals surface area (Å²) in [5.74, 6) is 1.39. The molecule has 0 saturated heterocycles. The second kappa shape index (κ2) is 5.61. The van der Waals surface area contributed by atoms with E-state index in [-0.39, 0.29) is 6.10 Å². The Morgan fingerprint density at radius 3 is 2.53 bits per heavy atom. The number of pyridine rings is 1. The molecule has 0 aliphatic carbocycles. The van der Waals surface area contributed by atoms with Gasteiger partial charge >= 0.3 is 0 Å². The number of nitrogens with zero attached hydrogens (tertiary/aromatic N) is 1. The highest BCUT2D eigenvalue weighted by Gasteiger charge is 2.06. The number of rotatable bonds is 4. The summed E-state index contributed by atoms with van der Waals surface area (Å²) in [4.78, 5) is 4.41. The maximum Gasteiger partial charge on any atom is 0.219 e. The standard InChI is InChI=1S/C13H15NO2Si/c1-10(16-17)12-8-5-9-13(14-12)15-11-6-3-2-4-7-11/h2-10H,1,17H3. The number of hydrogen-bond donors (Lipinski definition) is 0. The van der Waals surface area contributed by atoms with Crippen molar-refractivity contribution in [2.24, 2.45) is 0 Å². The minimum absolute atomic E-state index is 0.0287. The number of ether oxygens (including phenoxy) is 1. The Balaban J connectivity index is 2.17. The van der Waals surface area contributed by atoms with Gasteiger partial charge in [0, 0.05) is 6.07 Å². The molecule has 2 aromatic rings. The van der Waals surface area contributed by atoms with Crippen LogP contribution in [0.1, 0.15) is 18.7 Å². The van der Waals surface area contributed by atoms with Gasteiger partial charge in [0.05, 0.1) is 11.8 Å². The molecule has 0 fully saturated rings. The van der Waals surface area contributed by atoms with E-state index in [2.05, 4.69) is 4.98 Å². The van der Waals surface area contributed by atoms with E-state index < -0.39 is 0 Å². The van der Waals surface area contributed by atoms with E-state index in [0.29, 0.717) is 16.4 Å². The number of hydrogen-bond acceptors (Lipinski definition) is 3. The van der Waals surface area contributed by atoms with Gasteiger partial charge in [0.1, 0.15) is 16.2 Å². The Kier molecular flexibility index (Phi) is 3.90. The van der Waals surface area contributed by atoms with Crippen LogP contribution in [0.5, 0.6) is 11.6 Å². The normalized spacial score (nSPS) is 12.3. The average molecular weight is 245 g/mol. The second-order valence-electron chi connectivity index (χ2n) is 3.69. The van der Waals surface area contributed by atoms with Crippen molar-refractivity contribution in [1.29, 1.82) is 0 Å². The summed E-state index contributed by atoms with van der Waals surface area (Å²) in [5, 5.41) is 0.